The summed E-state index contributed by atoms with van der Waals surface area (Å²) in [7, 11) is 1.67. The first-order valence-corrected chi connectivity index (χ1v) is 12.6. The molecule has 0 bridgehead atoms. The number of halogens is 4. The van der Waals surface area contributed by atoms with Crippen LogP contribution in [-0.2, 0) is 6.54 Å². The lowest BCUT2D eigenvalue weighted by molar-refractivity contribution is -0.138. The Kier molecular flexibility index (Phi) is 11.7. The van der Waals surface area contributed by atoms with Crippen LogP contribution >= 0.6 is 11.6 Å². The number of aromatic amines is 1. The monoisotopic (exact) mass is 541 g/mol. The van der Waals surface area contributed by atoms with Gasteiger partial charge in [-0.25, -0.2) is 4.79 Å². The molecule has 0 radical (unpaired) electrons. The summed E-state index contributed by atoms with van der Waals surface area (Å²) in [6, 6.07) is 10.4. The van der Waals surface area contributed by atoms with Crippen molar-refractivity contribution in [1.29, 1.82) is 0 Å². The van der Waals surface area contributed by atoms with Gasteiger partial charge in [0.1, 0.15) is 5.75 Å². The van der Waals surface area contributed by atoms with E-state index in [1.807, 2.05) is 37.9 Å². The van der Waals surface area contributed by atoms with Gasteiger partial charge in [0, 0.05) is 61.9 Å². The van der Waals surface area contributed by atoms with Crippen LogP contribution in [-0.4, -0.2) is 71.9 Å². The molecule has 2 N–H and O–H groups in total. The molecular formula is C27H35ClF3N3O3. The smallest absolute Gasteiger partial charge is 0.390 e. The molecule has 0 aliphatic carbocycles. The number of aryl methyl sites for hydroxylation is 1. The van der Waals surface area contributed by atoms with Crippen molar-refractivity contribution in [2.75, 3.05) is 39.8 Å². The Hall–Kier alpha value is -2.75. The molecule has 1 aliphatic rings. The van der Waals surface area contributed by atoms with E-state index in [-0.39, 0.29) is 17.1 Å². The molecule has 204 valence electrons. The lowest BCUT2D eigenvalue weighted by atomic mass is 10.0. The van der Waals surface area contributed by atoms with Crippen LogP contribution in [0.25, 0.3) is 10.9 Å². The van der Waals surface area contributed by atoms with Gasteiger partial charge in [0.15, 0.2) is 0 Å². The summed E-state index contributed by atoms with van der Waals surface area (Å²) in [5.74, 6) is -0.130. The van der Waals surface area contributed by atoms with Crippen molar-refractivity contribution >= 4 is 28.5 Å². The Morgan fingerprint density at radius 3 is 2.27 bits per heavy atom. The molecule has 2 aromatic carbocycles. The van der Waals surface area contributed by atoms with Gasteiger partial charge >= 0.3 is 12.1 Å². The number of aromatic carboxylic acids is 1. The molecule has 0 amide bonds. The summed E-state index contributed by atoms with van der Waals surface area (Å²) in [6.45, 7) is 9.74. The van der Waals surface area contributed by atoms with Gasteiger partial charge in [-0.2, -0.15) is 13.2 Å². The van der Waals surface area contributed by atoms with Crippen molar-refractivity contribution in [2.24, 2.45) is 0 Å². The Morgan fingerprint density at radius 1 is 1.11 bits per heavy atom. The van der Waals surface area contributed by atoms with Crippen molar-refractivity contribution in [3.63, 3.8) is 0 Å². The van der Waals surface area contributed by atoms with E-state index in [4.69, 9.17) is 21.4 Å². The first-order chi connectivity index (χ1) is 17.6. The van der Waals surface area contributed by atoms with Crippen LogP contribution in [0.1, 0.15) is 41.8 Å². The molecule has 1 saturated heterocycles. The molecule has 0 saturated carbocycles. The first-order valence-electron chi connectivity index (χ1n) is 12.2. The number of H-pyrrole nitrogens is 1. The molecule has 0 atom stereocenters. The zero-order chi connectivity index (χ0) is 27.6. The number of hydrogen-bond donors (Lipinski definition) is 2. The molecule has 1 fully saturated rings. The number of carbonyl (C=O) groups is 1. The van der Waals surface area contributed by atoms with Gasteiger partial charge in [-0.15, -0.1) is 0 Å². The van der Waals surface area contributed by atoms with Crippen LogP contribution < -0.4 is 4.74 Å². The van der Waals surface area contributed by atoms with Crippen molar-refractivity contribution in [1.82, 2.24) is 14.8 Å². The number of ether oxygens (including phenoxy) is 1. The number of fused-ring (bicyclic) bond motifs is 1. The average molecular weight is 542 g/mol. The minimum atomic E-state index is -4.08. The predicted molar refractivity (Wildman–Crippen MR) is 142 cm³/mol. The number of aromatic nitrogens is 1. The third-order valence-electron chi connectivity index (χ3n) is 5.99. The molecule has 37 heavy (non-hydrogen) atoms. The number of piperazine rings is 1. The van der Waals surface area contributed by atoms with E-state index in [1.165, 1.54) is 6.07 Å². The van der Waals surface area contributed by atoms with E-state index in [0.29, 0.717) is 13.1 Å². The standard InChI is InChI=1S/C18H24F3N3O.C7H5ClO2.C2H6/c1-13-11-16(25-2)15(14-3-5-22-17(13)14)12-24-9-7-23(8-10-24)6-4-18(19,20)21;8-6-4-2-1-3-5(6)7(9)10;1-2/h3,5,11,22H,4,6-10,12H2,1-2H3;1-4H,(H,9,10);1-2H3. The second kappa shape index (κ2) is 14.3. The van der Waals surface area contributed by atoms with Crippen LogP contribution in [0.3, 0.4) is 0 Å². The van der Waals surface area contributed by atoms with E-state index < -0.39 is 18.6 Å². The highest BCUT2D eigenvalue weighted by Gasteiger charge is 2.29. The maximum Gasteiger partial charge on any atom is 0.390 e. The second-order valence-corrected chi connectivity index (χ2v) is 8.82. The molecule has 1 aromatic heterocycles. The largest absolute Gasteiger partial charge is 0.496 e. The minimum Gasteiger partial charge on any atom is -0.496 e. The molecule has 3 aromatic rings. The molecule has 2 heterocycles. The topological polar surface area (TPSA) is 68.8 Å². The summed E-state index contributed by atoms with van der Waals surface area (Å²) >= 11 is 5.54. The van der Waals surface area contributed by atoms with Crippen molar-refractivity contribution in [3.8, 4) is 5.75 Å². The summed E-state index contributed by atoms with van der Waals surface area (Å²) in [5.41, 5.74) is 3.52. The van der Waals surface area contributed by atoms with Crippen LogP contribution in [0.4, 0.5) is 13.2 Å². The van der Waals surface area contributed by atoms with Gasteiger partial charge in [0.05, 0.1) is 24.1 Å². The van der Waals surface area contributed by atoms with E-state index in [9.17, 15) is 18.0 Å². The van der Waals surface area contributed by atoms with Gasteiger partial charge in [0.25, 0.3) is 0 Å². The van der Waals surface area contributed by atoms with Crippen molar-refractivity contribution in [2.45, 2.75) is 39.9 Å². The third kappa shape index (κ3) is 8.94. The second-order valence-electron chi connectivity index (χ2n) is 8.41. The number of rotatable bonds is 6. The summed E-state index contributed by atoms with van der Waals surface area (Å²) in [6.07, 6.45) is -2.88. The number of nitrogens with zero attached hydrogens (tertiary/aromatic N) is 2. The molecule has 0 spiro atoms. The highest BCUT2D eigenvalue weighted by atomic mass is 35.5. The maximum atomic E-state index is 12.4. The van der Waals surface area contributed by atoms with Gasteiger partial charge in [-0.05, 0) is 36.8 Å². The zero-order valence-corrected chi connectivity index (χ0v) is 22.4. The van der Waals surface area contributed by atoms with Crippen LogP contribution in [0.5, 0.6) is 5.75 Å². The van der Waals surface area contributed by atoms with Gasteiger partial charge in [0.2, 0.25) is 0 Å². The van der Waals surface area contributed by atoms with E-state index >= 15 is 0 Å². The fourth-order valence-corrected chi connectivity index (χ4v) is 4.31. The molecule has 0 unspecified atom stereocenters. The summed E-state index contributed by atoms with van der Waals surface area (Å²) in [4.78, 5) is 17.8. The Morgan fingerprint density at radius 2 is 1.73 bits per heavy atom. The Bertz CT molecular complexity index is 1140. The molecule has 6 nitrogen and oxygen atoms in total. The average Bonchev–Trinajstić information content (AvgIpc) is 3.37. The third-order valence-corrected chi connectivity index (χ3v) is 6.32. The minimum absolute atomic E-state index is 0.0905. The van der Waals surface area contributed by atoms with Gasteiger partial charge in [-0.1, -0.05) is 37.6 Å². The lowest BCUT2D eigenvalue weighted by Gasteiger charge is -2.35. The molecule has 1 aliphatic heterocycles. The van der Waals surface area contributed by atoms with Crippen LogP contribution in [0.2, 0.25) is 5.02 Å². The van der Waals surface area contributed by atoms with Gasteiger partial charge < -0.3 is 19.7 Å². The number of alkyl halides is 3. The highest BCUT2D eigenvalue weighted by molar-refractivity contribution is 6.33. The van der Waals surface area contributed by atoms with E-state index in [2.05, 4.69) is 16.0 Å². The maximum absolute atomic E-state index is 12.4. The van der Waals surface area contributed by atoms with E-state index in [1.54, 1.807) is 25.3 Å². The molecule has 4 rings (SSSR count). The Labute approximate surface area is 221 Å². The van der Waals surface area contributed by atoms with Crippen molar-refractivity contribution in [3.05, 3.63) is 64.3 Å². The fraction of sp³-hybridized carbons (Fsp3) is 0.444. The number of nitrogens with one attached hydrogen (secondary N) is 1. The predicted octanol–water partition coefficient (Wildman–Crippen LogP) is 6.62. The normalized spacial score (nSPS) is 14.4. The number of benzene rings is 2. The number of carboxylic acid groups (broad SMARTS) is 1. The lowest BCUT2D eigenvalue weighted by Crippen LogP contribution is -2.46. The number of methoxy groups -OCH3 is 1. The van der Waals surface area contributed by atoms with Crippen LogP contribution in [0.15, 0.2) is 42.6 Å². The summed E-state index contributed by atoms with van der Waals surface area (Å²) < 4.78 is 42.6. The fourth-order valence-electron chi connectivity index (χ4n) is 4.10. The van der Waals surface area contributed by atoms with Crippen LogP contribution in [0, 0.1) is 6.92 Å². The first kappa shape index (κ1) is 30.5. The van der Waals surface area contributed by atoms with E-state index in [0.717, 1.165) is 47.4 Å². The number of hydrogen-bond acceptors (Lipinski definition) is 4. The zero-order valence-electron chi connectivity index (χ0n) is 21.7. The highest BCUT2D eigenvalue weighted by Crippen LogP contribution is 2.32. The van der Waals surface area contributed by atoms with Crippen molar-refractivity contribution < 1.29 is 27.8 Å². The quantitative estimate of drug-likeness (QED) is 0.367. The SMILES string of the molecule is CC.COc1cc(C)c2[nH]ccc2c1CN1CCN(CCC(F)(F)F)CC1.O=C(O)c1ccccc1Cl. The Balaban J connectivity index is 0.000000336. The summed E-state index contributed by atoms with van der Waals surface area (Å²) in [5, 5.41) is 9.90. The van der Waals surface area contributed by atoms with Gasteiger partial charge in [-0.3, -0.25) is 4.90 Å². The molecule has 10 heteroatoms. The number of carboxylic acids is 1. The molecular weight excluding hydrogens is 507 g/mol.